The highest BCUT2D eigenvalue weighted by molar-refractivity contribution is 5.90. The van der Waals surface area contributed by atoms with Crippen LogP contribution in [0.1, 0.15) is 82.6 Å². The molecule has 0 aromatic heterocycles. The van der Waals surface area contributed by atoms with Crippen molar-refractivity contribution >= 4 is 23.7 Å². The van der Waals surface area contributed by atoms with Gasteiger partial charge in [-0.1, -0.05) is 62.4 Å². The molecule has 6 atom stereocenters. The number of piperidine rings is 3. The Morgan fingerprint density at radius 1 is 0.944 bits per heavy atom. The van der Waals surface area contributed by atoms with Crippen LogP contribution in [0.4, 0.5) is 0 Å². The molecule has 0 spiro atoms. The van der Waals surface area contributed by atoms with Crippen molar-refractivity contribution in [3.8, 4) is 0 Å². The minimum absolute atomic E-state index is 0.0532. The maximum atomic E-state index is 14.3. The van der Waals surface area contributed by atoms with E-state index in [4.69, 9.17) is 9.47 Å². The number of esters is 1. The van der Waals surface area contributed by atoms with Gasteiger partial charge in [-0.3, -0.25) is 24.1 Å². The van der Waals surface area contributed by atoms with E-state index in [0.717, 1.165) is 76.8 Å². The van der Waals surface area contributed by atoms with E-state index in [1.165, 1.54) is 6.42 Å². The van der Waals surface area contributed by atoms with E-state index >= 15 is 0 Å². The van der Waals surface area contributed by atoms with E-state index in [0.29, 0.717) is 63.8 Å². The number of nitrogens with zero attached hydrogens (tertiary/aromatic N) is 2. The third kappa shape index (κ3) is 11.9. The van der Waals surface area contributed by atoms with E-state index in [1.807, 2.05) is 30.3 Å². The number of hydrogen-bond donors (Lipinski definition) is 5. The molecule has 1 aliphatic carbocycles. The molecule has 0 radical (unpaired) electrons. The molecule has 5 heterocycles. The number of rotatable bonds is 12. The highest BCUT2D eigenvalue weighted by Crippen LogP contribution is 2.31. The van der Waals surface area contributed by atoms with Gasteiger partial charge in [0.1, 0.15) is 12.6 Å². The van der Waals surface area contributed by atoms with Gasteiger partial charge in [0.25, 0.3) is 0 Å². The topological polar surface area (TPSA) is 162 Å². The molecule has 5 N–H and O–H groups in total. The Labute approximate surface area is 321 Å². The molecule has 13 heteroatoms. The summed E-state index contributed by atoms with van der Waals surface area (Å²) < 4.78 is 11.2. The average molecular weight is 753 g/mol. The predicted octanol–water partition coefficient (Wildman–Crippen LogP) is 1.76. The second-order valence-electron chi connectivity index (χ2n) is 16.3. The number of aliphatic hydroxyl groups excluding tert-OH is 1. The minimum atomic E-state index is -1.19. The van der Waals surface area contributed by atoms with E-state index in [2.05, 4.69) is 31.1 Å². The van der Waals surface area contributed by atoms with Gasteiger partial charge in [-0.15, -0.1) is 0 Å². The standard InChI is InChI=1S/C41H64N6O7/c48-37-14-13-33(44-40(51)35(27-30-10-5-2-6-11-30)43-36-28-47-18-15-31(36)16-19-47)39(50)45-34(26-29-8-3-1-4-9-29)38(49)32(12-7-17-42-37)41(52)54-25-22-46-20-23-53-24-21-46/h2,5-6,10-11,29,31-36,38,43,49H,1,3-4,7-9,12-28H2,(H,42,48)(H,44,51)(H,45,50)/t32-,33-,34-,35?,36?,38+/m0/s1. The molecule has 6 aliphatic rings. The lowest BCUT2D eigenvalue weighted by Gasteiger charge is -2.46. The molecular formula is C41H64N6O7. The summed E-state index contributed by atoms with van der Waals surface area (Å²) in [4.78, 5) is 59.9. The third-order valence-electron chi connectivity index (χ3n) is 12.5. The van der Waals surface area contributed by atoms with Crippen LogP contribution < -0.4 is 21.3 Å². The quantitative estimate of drug-likeness (QED) is 0.199. The first kappa shape index (κ1) is 40.6. The van der Waals surface area contributed by atoms with Crippen LogP contribution in [0.5, 0.6) is 0 Å². The van der Waals surface area contributed by atoms with Gasteiger partial charge in [0.05, 0.1) is 37.3 Å². The van der Waals surface area contributed by atoms with Gasteiger partial charge in [-0.25, -0.2) is 0 Å². The predicted molar refractivity (Wildman–Crippen MR) is 204 cm³/mol. The van der Waals surface area contributed by atoms with Crippen molar-refractivity contribution in [2.75, 3.05) is 65.6 Å². The number of hydrogen-bond acceptors (Lipinski definition) is 10. The number of aliphatic hydroxyl groups is 1. The molecule has 3 amide bonds. The highest BCUT2D eigenvalue weighted by Gasteiger charge is 2.39. The number of carbonyl (C=O) groups is 4. The van der Waals surface area contributed by atoms with E-state index < -0.39 is 42.0 Å². The van der Waals surface area contributed by atoms with Crippen molar-refractivity contribution in [1.82, 2.24) is 31.1 Å². The smallest absolute Gasteiger partial charge is 0.311 e. The fourth-order valence-electron chi connectivity index (χ4n) is 9.21. The van der Waals surface area contributed by atoms with Crippen LogP contribution in [-0.2, 0) is 35.1 Å². The number of nitrogens with one attached hydrogen (secondary N) is 4. The van der Waals surface area contributed by atoms with Crippen molar-refractivity contribution in [2.24, 2.45) is 17.8 Å². The molecule has 300 valence electrons. The zero-order chi connectivity index (χ0) is 37.7. The van der Waals surface area contributed by atoms with Crippen LogP contribution >= 0.6 is 0 Å². The Morgan fingerprint density at radius 3 is 2.43 bits per heavy atom. The van der Waals surface area contributed by atoms with Crippen LogP contribution in [0.15, 0.2) is 30.3 Å². The number of amides is 3. The summed E-state index contributed by atoms with van der Waals surface area (Å²) in [6.07, 6.45) is 8.30. The molecule has 54 heavy (non-hydrogen) atoms. The van der Waals surface area contributed by atoms with Crippen molar-refractivity contribution in [1.29, 1.82) is 0 Å². The molecule has 2 unspecified atom stereocenters. The lowest BCUT2D eigenvalue weighted by molar-refractivity contribution is -0.155. The van der Waals surface area contributed by atoms with Crippen molar-refractivity contribution in [3.05, 3.63) is 35.9 Å². The first-order valence-corrected chi connectivity index (χ1v) is 20.9. The molecule has 2 bridgehead atoms. The van der Waals surface area contributed by atoms with Crippen LogP contribution in [0.2, 0.25) is 0 Å². The molecule has 7 rings (SSSR count). The second-order valence-corrected chi connectivity index (χ2v) is 16.3. The molecule has 1 aromatic carbocycles. The second kappa shape index (κ2) is 20.7. The first-order valence-electron chi connectivity index (χ1n) is 20.9. The number of fused-ring (bicyclic) bond motifs is 3. The number of morpholine rings is 1. The van der Waals surface area contributed by atoms with Gasteiger partial charge in [0.15, 0.2) is 0 Å². The number of carbonyl (C=O) groups excluding carboxylic acids is 4. The Morgan fingerprint density at radius 2 is 1.70 bits per heavy atom. The molecule has 1 saturated carbocycles. The fraction of sp³-hybridized carbons (Fsp3) is 0.756. The minimum Gasteiger partial charge on any atom is -0.464 e. The lowest BCUT2D eigenvalue weighted by atomic mass is 9.81. The average Bonchev–Trinajstić information content (AvgIpc) is 3.20. The lowest BCUT2D eigenvalue weighted by Crippen LogP contribution is -2.62. The molecule has 5 saturated heterocycles. The Kier molecular flexibility index (Phi) is 15.6. The molecule has 13 nitrogen and oxygen atoms in total. The summed E-state index contributed by atoms with van der Waals surface area (Å²) in [5.41, 5.74) is 1.02. The number of ether oxygens (including phenoxy) is 2. The van der Waals surface area contributed by atoms with Crippen LogP contribution in [-0.4, -0.2) is 135 Å². The Balaban J connectivity index is 1.18. The molecule has 5 aliphatic heterocycles. The van der Waals surface area contributed by atoms with E-state index in [1.54, 1.807) is 0 Å². The van der Waals surface area contributed by atoms with Gasteiger partial charge < -0.3 is 40.7 Å². The third-order valence-corrected chi connectivity index (χ3v) is 12.5. The zero-order valence-electron chi connectivity index (χ0n) is 32.1. The monoisotopic (exact) mass is 752 g/mol. The summed E-state index contributed by atoms with van der Waals surface area (Å²) in [5, 5.41) is 24.8. The van der Waals surface area contributed by atoms with Crippen LogP contribution in [0.3, 0.4) is 0 Å². The van der Waals surface area contributed by atoms with Crippen molar-refractivity contribution in [3.63, 3.8) is 0 Å². The SMILES string of the molecule is O=C1CC[C@H](NC(=O)C(Cc2ccccc2)NC2CN3CCC2CC3)C(=O)N[C@@H](CC2CCCCC2)[C@H](O)[C@@H](C(=O)OCCN2CCOCC2)CCCN1. The molecule has 6 fully saturated rings. The highest BCUT2D eigenvalue weighted by atomic mass is 16.5. The summed E-state index contributed by atoms with van der Waals surface area (Å²) in [7, 11) is 0. The summed E-state index contributed by atoms with van der Waals surface area (Å²) >= 11 is 0. The van der Waals surface area contributed by atoms with Crippen molar-refractivity contribution < 1.29 is 33.8 Å². The summed E-state index contributed by atoms with van der Waals surface area (Å²) in [6, 6.07) is 7.77. The summed E-state index contributed by atoms with van der Waals surface area (Å²) in [6.45, 7) is 7.03. The number of benzene rings is 1. The van der Waals surface area contributed by atoms with Gasteiger partial charge in [-0.2, -0.15) is 0 Å². The van der Waals surface area contributed by atoms with Crippen LogP contribution in [0.25, 0.3) is 0 Å². The first-order chi connectivity index (χ1) is 26.3. The van der Waals surface area contributed by atoms with Gasteiger partial charge in [0.2, 0.25) is 17.7 Å². The Hall–Kier alpha value is -3.10. The fourth-order valence-corrected chi connectivity index (χ4v) is 9.21. The Bertz CT molecular complexity index is 1350. The molecule has 1 aromatic rings. The van der Waals surface area contributed by atoms with Gasteiger partial charge >= 0.3 is 5.97 Å². The maximum absolute atomic E-state index is 14.3. The van der Waals surface area contributed by atoms with Gasteiger partial charge in [0, 0.05) is 45.2 Å². The van der Waals surface area contributed by atoms with E-state index in [9.17, 15) is 24.3 Å². The maximum Gasteiger partial charge on any atom is 0.311 e. The normalized spacial score (nSPS) is 31.2. The van der Waals surface area contributed by atoms with Crippen LogP contribution in [0, 0.1) is 17.8 Å². The summed E-state index contributed by atoms with van der Waals surface area (Å²) in [5.74, 6) is -1.54. The van der Waals surface area contributed by atoms with E-state index in [-0.39, 0.29) is 37.3 Å². The van der Waals surface area contributed by atoms with Crippen molar-refractivity contribution in [2.45, 2.75) is 114 Å². The zero-order valence-corrected chi connectivity index (χ0v) is 32.1. The largest absolute Gasteiger partial charge is 0.464 e. The molecular weight excluding hydrogens is 688 g/mol. The van der Waals surface area contributed by atoms with Gasteiger partial charge in [-0.05, 0) is 75.4 Å².